The van der Waals surface area contributed by atoms with Gasteiger partial charge in [0.15, 0.2) is 17.9 Å². The van der Waals surface area contributed by atoms with Crippen LogP contribution in [0.15, 0.2) is 23.5 Å². The van der Waals surface area contributed by atoms with Gasteiger partial charge < -0.3 is 45.1 Å². The second-order valence-corrected chi connectivity index (χ2v) is 11.8. The van der Waals surface area contributed by atoms with Crippen LogP contribution in [0.4, 0.5) is 4.79 Å². The number of ether oxygens (including phenoxy) is 3. The fourth-order valence-corrected chi connectivity index (χ4v) is 6.51. The molecule has 252 valence electrons. The number of Topliss-reactive ketones (excluding diaryl/α,β-unsaturated/α-hetero) is 1. The summed E-state index contributed by atoms with van der Waals surface area (Å²) in [6.45, 7) is 0.150. The first-order valence-corrected chi connectivity index (χ1v) is 15.0. The number of ketones is 3. The van der Waals surface area contributed by atoms with E-state index in [1.54, 1.807) is 0 Å². The summed E-state index contributed by atoms with van der Waals surface area (Å²) in [4.78, 5) is 63.9. The van der Waals surface area contributed by atoms with Gasteiger partial charge >= 0.3 is 6.03 Å². The summed E-state index contributed by atoms with van der Waals surface area (Å²) in [5.41, 5.74) is -4.21. The number of rotatable bonds is 9. The number of aliphatic hydroxyl groups excluding tert-OH is 2. The van der Waals surface area contributed by atoms with Gasteiger partial charge in [0.25, 0.3) is 0 Å². The number of urea groups is 1. The highest BCUT2D eigenvalue weighted by Crippen LogP contribution is 2.52. The third-order valence-electron chi connectivity index (χ3n) is 8.70. The minimum absolute atomic E-state index is 0.0458. The molecule has 3 aliphatic rings. The smallest absolute Gasteiger partial charge is 0.340 e. The zero-order chi connectivity index (χ0) is 34.4. The van der Waals surface area contributed by atoms with Crippen LogP contribution in [0.25, 0.3) is 0 Å². The number of hydrogen-bond acceptors (Lipinski definition) is 14. The van der Waals surface area contributed by atoms with Gasteiger partial charge in [0.2, 0.25) is 5.78 Å². The Morgan fingerprint density at radius 2 is 1.87 bits per heavy atom. The molecular weight excluding hydrogens is 646 g/mol. The largest absolute Gasteiger partial charge is 0.507 e. The molecule has 0 aromatic heterocycles. The number of aliphatic hydroxyl groups is 3. The monoisotopic (exact) mass is 677 g/mol. The molecule has 0 radical (unpaired) electrons. The van der Waals surface area contributed by atoms with Gasteiger partial charge in [0.1, 0.15) is 35.6 Å². The molecular formula is C30H32ClN3O13. The van der Waals surface area contributed by atoms with E-state index in [2.05, 4.69) is 10.6 Å². The van der Waals surface area contributed by atoms with Crippen LogP contribution < -0.4 is 10.1 Å². The van der Waals surface area contributed by atoms with E-state index in [0.717, 1.165) is 0 Å². The van der Waals surface area contributed by atoms with Crippen LogP contribution in [-0.4, -0.2) is 110 Å². The van der Waals surface area contributed by atoms with Crippen molar-refractivity contribution < 1.29 is 58.9 Å². The molecule has 1 aliphatic heterocycles. The number of methoxy groups -OCH3 is 1. The minimum Gasteiger partial charge on any atom is -0.507 e. The highest BCUT2D eigenvalue weighted by atomic mass is 35.5. The number of nitrogens with one attached hydrogen (secondary N) is 1. The molecule has 0 saturated carbocycles. The second kappa shape index (κ2) is 13.1. The predicted octanol–water partition coefficient (Wildman–Crippen LogP) is 0.974. The molecule has 2 aromatic rings. The van der Waals surface area contributed by atoms with Crippen molar-refractivity contribution in [1.29, 1.82) is 0 Å². The molecule has 6 N–H and O–H groups in total. The summed E-state index contributed by atoms with van der Waals surface area (Å²) >= 11 is 5.61. The lowest BCUT2D eigenvalue weighted by Gasteiger charge is -2.43. The predicted molar refractivity (Wildman–Crippen MR) is 159 cm³/mol. The number of halogens is 1. The van der Waals surface area contributed by atoms with Crippen LogP contribution in [0.3, 0.4) is 0 Å². The van der Waals surface area contributed by atoms with Crippen LogP contribution in [-0.2, 0) is 20.7 Å². The van der Waals surface area contributed by atoms with E-state index >= 15 is 0 Å². The molecule has 2 aliphatic carbocycles. The van der Waals surface area contributed by atoms with Gasteiger partial charge in [-0.2, -0.15) is 5.01 Å². The highest BCUT2D eigenvalue weighted by Gasteiger charge is 2.50. The van der Waals surface area contributed by atoms with Gasteiger partial charge in [-0.3, -0.25) is 14.4 Å². The van der Waals surface area contributed by atoms with E-state index in [1.165, 1.54) is 32.2 Å². The van der Waals surface area contributed by atoms with Crippen LogP contribution in [0.1, 0.15) is 68.8 Å². The molecule has 0 unspecified atom stereocenters. The van der Waals surface area contributed by atoms with E-state index in [-0.39, 0.29) is 46.8 Å². The number of phenolic OH excluding ortho intramolecular Hbond substituents is 2. The topological polar surface area (TPSA) is 242 Å². The number of carbonyl (C=O) groups is 4. The Morgan fingerprint density at radius 1 is 1.17 bits per heavy atom. The Labute approximate surface area is 271 Å². The molecule has 0 bridgehead atoms. The number of nitroso groups, excluding NO2 is 1. The van der Waals surface area contributed by atoms with E-state index in [0.29, 0.717) is 5.01 Å². The quantitative estimate of drug-likeness (QED) is 0.0802. The molecule has 1 fully saturated rings. The summed E-state index contributed by atoms with van der Waals surface area (Å²) in [6, 6.07) is 2.22. The molecule has 1 heterocycles. The standard InChI is InChI=1S/C30H32ClN3O13/c1-12-24(37)15(32-29(42)34(33-44)7-6-31)8-19(46-12)47-17-10-30(43,18(36)11-35)9-14-21(17)28(41)23-22(26(14)39)25(38)13-4-3-5-16(45-2)20(13)27(23)40/h3-5,12,15,17,19,24,35,37,39,41,43H,6-11H2,1-2H3,(H,32,42)/t12-,15-,17-,19-,24+,30+/m0/s1. The molecule has 16 nitrogen and oxygen atoms in total. The average Bonchev–Trinajstić information content (AvgIpc) is 3.05. The van der Waals surface area contributed by atoms with Gasteiger partial charge in [-0.15, -0.1) is 16.5 Å². The highest BCUT2D eigenvalue weighted by molar-refractivity contribution is 6.31. The minimum atomic E-state index is -2.36. The number of carbonyl (C=O) groups excluding carboxylic acids is 4. The number of nitrogens with zero attached hydrogens (tertiary/aromatic N) is 2. The maximum atomic E-state index is 13.8. The molecule has 2 aromatic carbocycles. The van der Waals surface area contributed by atoms with Gasteiger partial charge in [-0.1, -0.05) is 12.1 Å². The van der Waals surface area contributed by atoms with E-state index in [4.69, 9.17) is 25.8 Å². The number of fused-ring (bicyclic) bond motifs is 3. The Morgan fingerprint density at radius 3 is 2.51 bits per heavy atom. The molecule has 5 rings (SSSR count). The molecule has 6 atom stereocenters. The van der Waals surface area contributed by atoms with Crippen molar-refractivity contribution in [3.05, 3.63) is 56.5 Å². The number of alkyl halides is 1. The van der Waals surface area contributed by atoms with Gasteiger partial charge in [-0.05, 0) is 13.0 Å². The Balaban J connectivity index is 1.57. The fourth-order valence-electron chi connectivity index (χ4n) is 6.35. The number of phenols is 2. The maximum Gasteiger partial charge on any atom is 0.340 e. The maximum absolute atomic E-state index is 13.8. The van der Waals surface area contributed by atoms with E-state index in [1.807, 2.05) is 0 Å². The summed E-state index contributed by atoms with van der Waals surface area (Å²) < 4.78 is 17.2. The Kier molecular flexibility index (Phi) is 9.54. The van der Waals surface area contributed by atoms with Gasteiger partial charge in [0, 0.05) is 41.8 Å². The van der Waals surface area contributed by atoms with Crippen molar-refractivity contribution in [2.45, 2.75) is 62.4 Å². The summed E-state index contributed by atoms with van der Waals surface area (Å²) in [5, 5.41) is 60.5. The zero-order valence-corrected chi connectivity index (χ0v) is 25.9. The van der Waals surface area contributed by atoms with E-state index < -0.39 is 102 Å². The first-order valence-electron chi connectivity index (χ1n) is 14.5. The fraction of sp³-hybridized carbons (Fsp3) is 0.467. The number of aromatic hydroxyl groups is 2. The van der Waals surface area contributed by atoms with Crippen LogP contribution in [0.5, 0.6) is 17.2 Å². The van der Waals surface area contributed by atoms with Crippen LogP contribution in [0, 0.1) is 4.91 Å². The normalized spacial score (nSPS) is 26.5. The van der Waals surface area contributed by atoms with Crippen molar-refractivity contribution >= 4 is 35.0 Å². The molecule has 1 saturated heterocycles. The first kappa shape index (κ1) is 34.2. The third kappa shape index (κ3) is 5.81. The third-order valence-corrected chi connectivity index (χ3v) is 8.87. The molecule has 17 heteroatoms. The van der Waals surface area contributed by atoms with Gasteiger partial charge in [0.05, 0.1) is 53.9 Å². The van der Waals surface area contributed by atoms with Crippen molar-refractivity contribution in [2.24, 2.45) is 5.29 Å². The average molecular weight is 678 g/mol. The SMILES string of the molecule is COc1cccc2c1C(=O)c1c(O)c3c(c(O)c1C2=O)C[C@](O)(C(=O)CO)C[C@@H]3O[C@H]1C[C@H](NC(=O)N(CCCl)N=O)[C@H](O)[C@H](C)O1. The van der Waals surface area contributed by atoms with Gasteiger partial charge in [-0.25, -0.2) is 4.79 Å². The Hall–Kier alpha value is -4.19. The number of hydrogen-bond donors (Lipinski definition) is 6. The number of benzene rings is 2. The lowest BCUT2D eigenvalue weighted by Crippen LogP contribution is -2.57. The Bertz CT molecular complexity index is 1650. The molecule has 2 amide bonds. The first-order chi connectivity index (χ1) is 22.3. The summed E-state index contributed by atoms with van der Waals surface area (Å²) in [7, 11) is 1.29. The van der Waals surface area contributed by atoms with Crippen LogP contribution >= 0.6 is 11.6 Å². The van der Waals surface area contributed by atoms with Crippen molar-refractivity contribution in [2.75, 3.05) is 26.1 Å². The summed E-state index contributed by atoms with van der Waals surface area (Å²) in [5.74, 6) is -4.30. The van der Waals surface area contributed by atoms with Crippen molar-refractivity contribution in [3.63, 3.8) is 0 Å². The lowest BCUT2D eigenvalue weighted by molar-refractivity contribution is -0.249. The summed E-state index contributed by atoms with van der Waals surface area (Å²) in [6.07, 6.45) is -6.62. The zero-order valence-electron chi connectivity index (χ0n) is 25.1. The van der Waals surface area contributed by atoms with E-state index in [9.17, 15) is 49.6 Å². The number of amides is 2. The lowest BCUT2D eigenvalue weighted by atomic mass is 9.72. The van der Waals surface area contributed by atoms with Crippen molar-refractivity contribution in [3.8, 4) is 17.2 Å². The molecule has 47 heavy (non-hydrogen) atoms. The van der Waals surface area contributed by atoms with Crippen LogP contribution in [0.2, 0.25) is 0 Å². The second-order valence-electron chi connectivity index (χ2n) is 11.4. The molecule has 0 spiro atoms. The van der Waals surface area contributed by atoms with Crippen molar-refractivity contribution in [1.82, 2.24) is 10.3 Å².